The van der Waals surface area contributed by atoms with Crippen molar-refractivity contribution < 1.29 is 4.42 Å². The standard InChI is InChI=1S/C18H10N2O2/c19-9-13-3-1-2-12(6-13)7-15-11-22-17-8-14(10-20)4-5-16(17)18(15)21/h1-6,8,11H,7H2. The van der Waals surface area contributed by atoms with Gasteiger partial charge in [0.05, 0.1) is 34.9 Å². The molecule has 4 nitrogen and oxygen atoms in total. The van der Waals surface area contributed by atoms with E-state index in [4.69, 9.17) is 14.9 Å². The van der Waals surface area contributed by atoms with Crippen molar-refractivity contribution in [3.8, 4) is 12.1 Å². The predicted molar refractivity (Wildman–Crippen MR) is 81.2 cm³/mol. The molecular weight excluding hydrogens is 276 g/mol. The lowest BCUT2D eigenvalue weighted by Gasteiger charge is -2.03. The fraction of sp³-hybridized carbons (Fsp3) is 0.0556. The molecule has 0 atom stereocenters. The van der Waals surface area contributed by atoms with Gasteiger partial charge in [-0.2, -0.15) is 10.5 Å². The minimum absolute atomic E-state index is 0.117. The molecule has 0 fully saturated rings. The summed E-state index contributed by atoms with van der Waals surface area (Å²) in [6.45, 7) is 0. The predicted octanol–water partition coefficient (Wildman–Crippen LogP) is 3.13. The average molecular weight is 286 g/mol. The molecule has 1 heterocycles. The van der Waals surface area contributed by atoms with Crippen LogP contribution in [0.15, 0.2) is 57.9 Å². The van der Waals surface area contributed by atoms with Gasteiger partial charge in [0.25, 0.3) is 0 Å². The third-order valence-electron chi connectivity index (χ3n) is 3.43. The van der Waals surface area contributed by atoms with E-state index in [1.807, 2.05) is 12.1 Å². The first-order chi connectivity index (χ1) is 10.7. The molecular formula is C18H10N2O2. The van der Waals surface area contributed by atoms with Gasteiger partial charge >= 0.3 is 0 Å². The Hall–Kier alpha value is -3.37. The maximum Gasteiger partial charge on any atom is 0.196 e. The lowest BCUT2D eigenvalue weighted by atomic mass is 10.0. The number of fused-ring (bicyclic) bond motifs is 1. The fourth-order valence-electron chi connectivity index (χ4n) is 2.33. The molecule has 0 aliphatic carbocycles. The lowest BCUT2D eigenvalue weighted by Crippen LogP contribution is -2.09. The smallest absolute Gasteiger partial charge is 0.196 e. The molecule has 0 aliphatic rings. The molecule has 4 heteroatoms. The van der Waals surface area contributed by atoms with E-state index in [-0.39, 0.29) is 5.43 Å². The zero-order valence-corrected chi connectivity index (χ0v) is 11.5. The first-order valence-electron chi connectivity index (χ1n) is 6.65. The monoisotopic (exact) mass is 286 g/mol. The number of rotatable bonds is 2. The van der Waals surface area contributed by atoms with Crippen molar-refractivity contribution in [2.45, 2.75) is 6.42 Å². The maximum absolute atomic E-state index is 12.5. The SMILES string of the molecule is N#Cc1cccc(Cc2coc3cc(C#N)ccc3c2=O)c1. The van der Waals surface area contributed by atoms with Crippen molar-refractivity contribution in [3.63, 3.8) is 0 Å². The Morgan fingerprint density at radius 2 is 1.77 bits per heavy atom. The molecule has 0 radical (unpaired) electrons. The lowest BCUT2D eigenvalue weighted by molar-refractivity contribution is 0.594. The van der Waals surface area contributed by atoms with Gasteiger partial charge in [0.1, 0.15) is 5.58 Å². The van der Waals surface area contributed by atoms with Crippen molar-refractivity contribution in [1.82, 2.24) is 0 Å². The number of benzene rings is 2. The van der Waals surface area contributed by atoms with Crippen LogP contribution in [-0.2, 0) is 6.42 Å². The Balaban J connectivity index is 2.05. The van der Waals surface area contributed by atoms with Gasteiger partial charge in [-0.1, -0.05) is 12.1 Å². The summed E-state index contributed by atoms with van der Waals surface area (Å²) in [6, 6.07) is 16.0. The first-order valence-corrected chi connectivity index (χ1v) is 6.65. The van der Waals surface area contributed by atoms with Crippen LogP contribution in [-0.4, -0.2) is 0 Å². The number of nitrogens with zero attached hydrogens (tertiary/aromatic N) is 2. The molecule has 2 aromatic carbocycles. The summed E-state index contributed by atoms with van der Waals surface area (Å²) in [5.41, 5.74) is 2.68. The highest BCUT2D eigenvalue weighted by molar-refractivity contribution is 5.78. The second-order valence-electron chi connectivity index (χ2n) is 4.90. The average Bonchev–Trinajstić information content (AvgIpc) is 2.57. The number of hydrogen-bond donors (Lipinski definition) is 0. The van der Waals surface area contributed by atoms with Crippen molar-refractivity contribution in [2.24, 2.45) is 0 Å². The van der Waals surface area contributed by atoms with Gasteiger partial charge in [-0.15, -0.1) is 0 Å². The summed E-state index contributed by atoms with van der Waals surface area (Å²) in [6.07, 6.45) is 1.82. The molecule has 22 heavy (non-hydrogen) atoms. The molecule has 0 saturated carbocycles. The molecule has 1 aromatic heterocycles. The second kappa shape index (κ2) is 5.55. The Kier molecular flexibility index (Phi) is 3.43. The first kappa shape index (κ1) is 13.6. The highest BCUT2D eigenvalue weighted by Crippen LogP contribution is 2.16. The molecule has 0 unspecified atom stereocenters. The highest BCUT2D eigenvalue weighted by atomic mass is 16.3. The summed E-state index contributed by atoms with van der Waals surface area (Å²) >= 11 is 0. The second-order valence-corrected chi connectivity index (χ2v) is 4.90. The van der Waals surface area contributed by atoms with Crippen LogP contribution in [0.1, 0.15) is 22.3 Å². The van der Waals surface area contributed by atoms with Gasteiger partial charge in [-0.05, 0) is 35.9 Å². The molecule has 0 saturated heterocycles. The van der Waals surface area contributed by atoms with Crippen molar-refractivity contribution in [2.75, 3.05) is 0 Å². The third-order valence-corrected chi connectivity index (χ3v) is 3.43. The number of hydrogen-bond acceptors (Lipinski definition) is 4. The van der Waals surface area contributed by atoms with E-state index < -0.39 is 0 Å². The normalized spacial score (nSPS) is 10.1. The molecule has 3 rings (SSSR count). The van der Waals surface area contributed by atoms with Crippen LogP contribution in [0.25, 0.3) is 11.0 Å². The summed E-state index contributed by atoms with van der Waals surface area (Å²) in [5.74, 6) is 0. The van der Waals surface area contributed by atoms with Gasteiger partial charge in [0.15, 0.2) is 5.43 Å². The van der Waals surface area contributed by atoms with Crippen molar-refractivity contribution in [1.29, 1.82) is 10.5 Å². The minimum atomic E-state index is -0.117. The van der Waals surface area contributed by atoms with Gasteiger partial charge in [-0.25, -0.2) is 0 Å². The minimum Gasteiger partial charge on any atom is -0.464 e. The summed E-state index contributed by atoms with van der Waals surface area (Å²) in [7, 11) is 0. The van der Waals surface area contributed by atoms with Crippen LogP contribution in [0.2, 0.25) is 0 Å². The zero-order chi connectivity index (χ0) is 15.5. The van der Waals surface area contributed by atoms with Gasteiger partial charge in [0.2, 0.25) is 0 Å². The highest BCUT2D eigenvalue weighted by Gasteiger charge is 2.09. The Morgan fingerprint density at radius 3 is 2.55 bits per heavy atom. The van der Waals surface area contributed by atoms with Crippen LogP contribution in [0.5, 0.6) is 0 Å². The van der Waals surface area contributed by atoms with E-state index in [1.165, 1.54) is 6.26 Å². The molecule has 0 N–H and O–H groups in total. The molecule has 0 bridgehead atoms. The zero-order valence-electron chi connectivity index (χ0n) is 11.5. The van der Waals surface area contributed by atoms with Gasteiger partial charge < -0.3 is 4.42 Å². The Bertz CT molecular complexity index is 1000. The topological polar surface area (TPSA) is 77.8 Å². The summed E-state index contributed by atoms with van der Waals surface area (Å²) < 4.78 is 5.48. The molecule has 0 amide bonds. The van der Waals surface area contributed by atoms with Crippen molar-refractivity contribution in [3.05, 3.63) is 81.2 Å². The molecule has 0 spiro atoms. The third kappa shape index (κ3) is 2.46. The van der Waals surface area contributed by atoms with E-state index in [2.05, 4.69) is 6.07 Å². The quantitative estimate of drug-likeness (QED) is 0.725. The van der Waals surface area contributed by atoms with Gasteiger partial charge in [-0.3, -0.25) is 4.79 Å². The molecule has 3 aromatic rings. The van der Waals surface area contributed by atoms with E-state index in [9.17, 15) is 4.79 Å². The maximum atomic E-state index is 12.5. The van der Waals surface area contributed by atoms with Crippen LogP contribution >= 0.6 is 0 Å². The molecule has 104 valence electrons. The van der Waals surface area contributed by atoms with Crippen LogP contribution in [0, 0.1) is 22.7 Å². The Morgan fingerprint density at radius 1 is 1.00 bits per heavy atom. The van der Waals surface area contributed by atoms with Crippen LogP contribution < -0.4 is 5.43 Å². The Labute approximate surface area is 126 Å². The van der Waals surface area contributed by atoms with Crippen molar-refractivity contribution >= 4 is 11.0 Å². The number of nitriles is 2. The van der Waals surface area contributed by atoms with Crippen LogP contribution in [0.3, 0.4) is 0 Å². The van der Waals surface area contributed by atoms with E-state index in [0.29, 0.717) is 34.1 Å². The van der Waals surface area contributed by atoms with E-state index >= 15 is 0 Å². The molecule has 0 aliphatic heterocycles. The van der Waals surface area contributed by atoms with E-state index in [0.717, 1.165) is 5.56 Å². The fourth-order valence-corrected chi connectivity index (χ4v) is 2.33. The van der Waals surface area contributed by atoms with E-state index in [1.54, 1.807) is 36.4 Å². The van der Waals surface area contributed by atoms with Gasteiger partial charge in [0, 0.05) is 12.0 Å². The largest absolute Gasteiger partial charge is 0.464 e. The summed E-state index contributed by atoms with van der Waals surface area (Å²) in [4.78, 5) is 12.5. The van der Waals surface area contributed by atoms with Crippen LogP contribution in [0.4, 0.5) is 0 Å². The summed E-state index contributed by atoms with van der Waals surface area (Å²) in [5, 5.41) is 18.2.